The summed E-state index contributed by atoms with van der Waals surface area (Å²) in [5.41, 5.74) is 0.494. The summed E-state index contributed by atoms with van der Waals surface area (Å²) in [4.78, 5) is 4.88. The van der Waals surface area contributed by atoms with E-state index in [9.17, 15) is 0 Å². The molecule has 1 atom stereocenters. The van der Waals surface area contributed by atoms with Crippen LogP contribution < -0.4 is 4.90 Å². The lowest BCUT2D eigenvalue weighted by Crippen LogP contribution is -2.41. The minimum atomic E-state index is 0.494. The number of methoxy groups -OCH3 is 1. The van der Waals surface area contributed by atoms with E-state index in [1.807, 2.05) is 6.92 Å². The van der Waals surface area contributed by atoms with Crippen molar-refractivity contribution in [2.24, 2.45) is 5.41 Å². The highest BCUT2D eigenvalue weighted by atomic mass is 32.1. The number of aromatic nitrogens is 2. The third-order valence-corrected chi connectivity index (χ3v) is 5.75. The first-order chi connectivity index (χ1) is 9.62. The molecule has 0 N–H and O–H groups in total. The summed E-state index contributed by atoms with van der Waals surface area (Å²) in [5.74, 6) is 0. The van der Waals surface area contributed by atoms with Crippen molar-refractivity contribution in [3.63, 3.8) is 0 Å². The molecule has 20 heavy (non-hydrogen) atoms. The normalized spacial score (nSPS) is 26.6. The van der Waals surface area contributed by atoms with Crippen molar-refractivity contribution in [3.05, 3.63) is 5.01 Å². The first-order valence-corrected chi connectivity index (χ1v) is 8.18. The molecule has 0 saturated carbocycles. The van der Waals surface area contributed by atoms with E-state index >= 15 is 0 Å². The minimum Gasteiger partial charge on any atom is -0.383 e. The van der Waals surface area contributed by atoms with Gasteiger partial charge in [-0.15, -0.1) is 10.2 Å². The largest absolute Gasteiger partial charge is 0.383 e. The number of nitrogens with zero attached hydrogens (tertiary/aromatic N) is 4. The van der Waals surface area contributed by atoms with Crippen molar-refractivity contribution in [2.45, 2.75) is 32.2 Å². The fourth-order valence-electron chi connectivity index (χ4n) is 3.71. The molecular weight excluding hydrogens is 272 g/mol. The maximum Gasteiger partial charge on any atom is 0.208 e. The first kappa shape index (κ1) is 14.2. The second-order valence-corrected chi connectivity index (χ2v) is 7.48. The summed E-state index contributed by atoms with van der Waals surface area (Å²) in [7, 11) is 4.04. The van der Waals surface area contributed by atoms with Gasteiger partial charge in [0.25, 0.3) is 0 Å². The van der Waals surface area contributed by atoms with E-state index in [1.54, 1.807) is 18.4 Å². The van der Waals surface area contributed by atoms with Gasteiger partial charge in [-0.25, -0.2) is 0 Å². The van der Waals surface area contributed by atoms with Crippen LogP contribution in [0.3, 0.4) is 0 Å². The quantitative estimate of drug-likeness (QED) is 0.850. The third kappa shape index (κ3) is 2.69. The van der Waals surface area contributed by atoms with Crippen LogP contribution in [-0.4, -0.2) is 61.5 Å². The Bertz CT molecular complexity index is 456. The van der Waals surface area contributed by atoms with Gasteiger partial charge in [-0.3, -0.25) is 0 Å². The van der Waals surface area contributed by atoms with Gasteiger partial charge in [0.1, 0.15) is 5.01 Å². The lowest BCUT2D eigenvalue weighted by Gasteiger charge is -2.39. The molecule has 5 nitrogen and oxygen atoms in total. The monoisotopic (exact) mass is 296 g/mol. The second kappa shape index (κ2) is 5.58. The van der Waals surface area contributed by atoms with E-state index < -0.39 is 0 Å². The van der Waals surface area contributed by atoms with Crippen LogP contribution in [0.4, 0.5) is 5.13 Å². The number of likely N-dealkylation sites (N-methyl/N-ethyl adjacent to an activating group) is 1. The SMILES string of the molecule is COC[C@@H]1CC2(CCN(c3nnc(C)s3)CC2)CN1C. The van der Waals surface area contributed by atoms with Gasteiger partial charge in [0.05, 0.1) is 6.61 Å². The average Bonchev–Trinajstić information content (AvgIpc) is 2.97. The predicted octanol–water partition coefficient (Wildman–Crippen LogP) is 1.78. The van der Waals surface area contributed by atoms with Gasteiger partial charge < -0.3 is 14.5 Å². The van der Waals surface area contributed by atoms with E-state index in [2.05, 4.69) is 27.0 Å². The Labute approximate surface area is 124 Å². The van der Waals surface area contributed by atoms with Crippen LogP contribution in [0.1, 0.15) is 24.3 Å². The fourth-order valence-corrected chi connectivity index (χ4v) is 4.44. The van der Waals surface area contributed by atoms with E-state index in [-0.39, 0.29) is 0 Å². The van der Waals surface area contributed by atoms with Crippen molar-refractivity contribution >= 4 is 16.5 Å². The maximum atomic E-state index is 5.35. The van der Waals surface area contributed by atoms with E-state index in [4.69, 9.17) is 4.74 Å². The van der Waals surface area contributed by atoms with Gasteiger partial charge in [0, 0.05) is 32.8 Å². The van der Waals surface area contributed by atoms with E-state index in [0.29, 0.717) is 11.5 Å². The van der Waals surface area contributed by atoms with Gasteiger partial charge >= 0.3 is 0 Å². The van der Waals surface area contributed by atoms with Crippen molar-refractivity contribution < 1.29 is 4.74 Å². The molecule has 6 heteroatoms. The molecule has 0 radical (unpaired) electrons. The molecule has 0 aromatic carbocycles. The molecule has 2 aliphatic heterocycles. The summed E-state index contributed by atoms with van der Waals surface area (Å²) in [6, 6.07) is 0.593. The number of hydrogen-bond acceptors (Lipinski definition) is 6. The van der Waals surface area contributed by atoms with Crippen LogP contribution in [0.2, 0.25) is 0 Å². The standard InChI is InChI=1S/C14H24N4OS/c1-11-15-16-13(20-11)18-6-4-14(5-7-18)8-12(9-19-3)17(2)10-14/h12H,4-10H2,1-3H3/t12-/m0/s1. The third-order valence-electron chi connectivity index (χ3n) is 4.85. The van der Waals surface area contributed by atoms with Gasteiger partial charge in [0.2, 0.25) is 5.13 Å². The van der Waals surface area contributed by atoms with Gasteiger partial charge in [-0.1, -0.05) is 11.3 Å². The van der Waals surface area contributed by atoms with Gasteiger partial charge in [-0.05, 0) is 38.6 Å². The Balaban J connectivity index is 1.61. The zero-order valence-corrected chi connectivity index (χ0v) is 13.4. The molecule has 2 fully saturated rings. The molecule has 1 spiro atoms. The molecular formula is C14H24N4OS. The molecule has 2 aliphatic rings. The smallest absolute Gasteiger partial charge is 0.208 e. The topological polar surface area (TPSA) is 41.5 Å². The number of piperidine rings is 1. The van der Waals surface area contributed by atoms with Gasteiger partial charge in [-0.2, -0.15) is 0 Å². The molecule has 0 bridgehead atoms. The molecule has 3 rings (SSSR count). The highest BCUT2D eigenvalue weighted by molar-refractivity contribution is 7.15. The fraction of sp³-hybridized carbons (Fsp3) is 0.857. The Kier molecular flexibility index (Phi) is 3.97. The number of hydrogen-bond donors (Lipinski definition) is 0. The second-order valence-electron chi connectivity index (χ2n) is 6.32. The lowest BCUT2D eigenvalue weighted by molar-refractivity contribution is 0.129. The van der Waals surface area contributed by atoms with Crippen LogP contribution in [0.25, 0.3) is 0 Å². The van der Waals surface area contributed by atoms with Crippen LogP contribution >= 0.6 is 11.3 Å². The summed E-state index contributed by atoms with van der Waals surface area (Å²) < 4.78 is 5.35. The molecule has 0 amide bonds. The molecule has 112 valence electrons. The molecule has 0 unspecified atom stereocenters. The van der Waals surface area contributed by atoms with Crippen LogP contribution in [0.15, 0.2) is 0 Å². The molecule has 1 aromatic rings. The lowest BCUT2D eigenvalue weighted by atomic mass is 9.77. The molecule has 1 aromatic heterocycles. The van der Waals surface area contributed by atoms with Crippen molar-refractivity contribution in [2.75, 3.05) is 45.3 Å². The summed E-state index contributed by atoms with van der Waals surface area (Å²) >= 11 is 1.71. The number of likely N-dealkylation sites (tertiary alicyclic amines) is 1. The number of anilines is 1. The Morgan fingerprint density at radius 1 is 1.35 bits per heavy atom. The van der Waals surface area contributed by atoms with Gasteiger partial charge in [0.15, 0.2) is 0 Å². The number of aryl methyl sites for hydroxylation is 1. The van der Waals surface area contributed by atoms with Crippen LogP contribution in [0.5, 0.6) is 0 Å². The summed E-state index contributed by atoms with van der Waals surface area (Å²) in [6.45, 7) is 6.32. The average molecular weight is 296 g/mol. The number of rotatable bonds is 3. The maximum absolute atomic E-state index is 5.35. The van der Waals surface area contributed by atoms with E-state index in [1.165, 1.54) is 25.8 Å². The summed E-state index contributed by atoms with van der Waals surface area (Å²) in [6.07, 6.45) is 3.80. The van der Waals surface area contributed by atoms with Crippen molar-refractivity contribution in [3.8, 4) is 0 Å². The Hall–Kier alpha value is -0.720. The Morgan fingerprint density at radius 2 is 2.10 bits per heavy atom. The molecule has 2 saturated heterocycles. The zero-order chi connectivity index (χ0) is 14.2. The Morgan fingerprint density at radius 3 is 2.70 bits per heavy atom. The molecule has 0 aliphatic carbocycles. The van der Waals surface area contributed by atoms with Crippen LogP contribution in [-0.2, 0) is 4.74 Å². The minimum absolute atomic E-state index is 0.494. The first-order valence-electron chi connectivity index (χ1n) is 7.36. The molecule has 3 heterocycles. The predicted molar refractivity (Wildman–Crippen MR) is 81.4 cm³/mol. The zero-order valence-electron chi connectivity index (χ0n) is 12.6. The van der Waals surface area contributed by atoms with Crippen LogP contribution in [0, 0.1) is 12.3 Å². The highest BCUT2D eigenvalue weighted by Gasteiger charge is 2.44. The van der Waals surface area contributed by atoms with Crippen molar-refractivity contribution in [1.29, 1.82) is 0 Å². The highest BCUT2D eigenvalue weighted by Crippen LogP contribution is 2.43. The van der Waals surface area contributed by atoms with E-state index in [0.717, 1.165) is 29.8 Å². The number of ether oxygens (including phenoxy) is 1. The van der Waals surface area contributed by atoms with Crippen molar-refractivity contribution in [1.82, 2.24) is 15.1 Å². The summed E-state index contributed by atoms with van der Waals surface area (Å²) in [5, 5.41) is 10.6.